The number of nitrogens with zero attached hydrogens (tertiary/aromatic N) is 2. The van der Waals surface area contributed by atoms with E-state index in [0.29, 0.717) is 24.4 Å². The molecule has 7 nitrogen and oxygen atoms in total. The molecule has 1 saturated heterocycles. The summed E-state index contributed by atoms with van der Waals surface area (Å²) >= 11 is 1.55. The Bertz CT molecular complexity index is 960. The highest BCUT2D eigenvalue weighted by Gasteiger charge is 2.55. The van der Waals surface area contributed by atoms with Gasteiger partial charge in [0.15, 0.2) is 0 Å². The third-order valence-electron chi connectivity index (χ3n) is 6.37. The number of amides is 4. The van der Waals surface area contributed by atoms with E-state index in [2.05, 4.69) is 5.32 Å². The number of hydrogen-bond acceptors (Lipinski definition) is 5. The second-order valence-electron chi connectivity index (χ2n) is 8.20. The SMILES string of the molecule is COc1ccc(N(Cc2cccs2)C(=O)CN2C(=O)N[C@]3(CCCC[C@@H]3C)C2=O)cc1. The third-order valence-corrected chi connectivity index (χ3v) is 7.24. The van der Waals surface area contributed by atoms with Crippen LogP contribution in [-0.2, 0) is 16.1 Å². The molecule has 0 radical (unpaired) electrons. The van der Waals surface area contributed by atoms with Crippen molar-refractivity contribution in [3.63, 3.8) is 0 Å². The highest BCUT2D eigenvalue weighted by Crippen LogP contribution is 2.38. The minimum Gasteiger partial charge on any atom is -0.497 e. The average molecular weight is 442 g/mol. The molecular weight excluding hydrogens is 414 g/mol. The zero-order valence-corrected chi connectivity index (χ0v) is 18.6. The van der Waals surface area contributed by atoms with Crippen molar-refractivity contribution >= 4 is 34.9 Å². The predicted octanol–water partition coefficient (Wildman–Crippen LogP) is 3.79. The maximum Gasteiger partial charge on any atom is 0.325 e. The van der Waals surface area contributed by atoms with Gasteiger partial charge in [-0.15, -0.1) is 11.3 Å². The van der Waals surface area contributed by atoms with Crippen molar-refractivity contribution in [2.75, 3.05) is 18.6 Å². The summed E-state index contributed by atoms with van der Waals surface area (Å²) < 4.78 is 5.22. The van der Waals surface area contributed by atoms with Gasteiger partial charge in [0.05, 0.1) is 13.7 Å². The summed E-state index contributed by atoms with van der Waals surface area (Å²) in [5, 5.41) is 4.87. The molecule has 1 spiro atoms. The predicted molar refractivity (Wildman–Crippen MR) is 119 cm³/mol. The van der Waals surface area contributed by atoms with E-state index in [1.54, 1.807) is 47.6 Å². The molecule has 1 N–H and O–H groups in total. The molecule has 1 aromatic carbocycles. The number of carbonyl (C=O) groups excluding carboxylic acids is 3. The summed E-state index contributed by atoms with van der Waals surface area (Å²) in [5.41, 5.74) is -0.180. The maximum atomic E-state index is 13.3. The number of hydrogen-bond donors (Lipinski definition) is 1. The fourth-order valence-electron chi connectivity index (χ4n) is 4.50. The largest absolute Gasteiger partial charge is 0.497 e. The summed E-state index contributed by atoms with van der Waals surface area (Å²) in [6.45, 7) is 2.09. The molecule has 31 heavy (non-hydrogen) atoms. The van der Waals surface area contributed by atoms with Crippen molar-refractivity contribution in [2.24, 2.45) is 5.92 Å². The summed E-state index contributed by atoms with van der Waals surface area (Å²) in [6, 6.07) is 10.6. The summed E-state index contributed by atoms with van der Waals surface area (Å²) in [5.74, 6) is 0.169. The number of imide groups is 1. The van der Waals surface area contributed by atoms with Crippen LogP contribution in [0.1, 0.15) is 37.5 Å². The fourth-order valence-corrected chi connectivity index (χ4v) is 5.20. The van der Waals surface area contributed by atoms with Crippen LogP contribution in [0.3, 0.4) is 0 Å². The monoisotopic (exact) mass is 441 g/mol. The minimum atomic E-state index is -0.867. The van der Waals surface area contributed by atoms with Gasteiger partial charge in [0.2, 0.25) is 5.91 Å². The zero-order chi connectivity index (χ0) is 22.0. The molecular formula is C23H27N3O4S. The number of thiophene rings is 1. The van der Waals surface area contributed by atoms with E-state index in [-0.39, 0.29) is 24.3 Å². The topological polar surface area (TPSA) is 79.0 Å². The average Bonchev–Trinajstić information content (AvgIpc) is 3.37. The van der Waals surface area contributed by atoms with E-state index in [1.165, 1.54) is 0 Å². The second kappa shape index (κ2) is 8.70. The molecule has 2 aliphatic rings. The van der Waals surface area contributed by atoms with Crippen molar-refractivity contribution < 1.29 is 19.1 Å². The Balaban J connectivity index is 1.56. The molecule has 0 unspecified atom stereocenters. The molecule has 2 fully saturated rings. The molecule has 1 aliphatic heterocycles. The van der Waals surface area contributed by atoms with Crippen molar-refractivity contribution in [1.29, 1.82) is 0 Å². The first kappa shape index (κ1) is 21.4. The van der Waals surface area contributed by atoms with E-state index >= 15 is 0 Å². The van der Waals surface area contributed by atoms with E-state index in [0.717, 1.165) is 29.0 Å². The number of benzene rings is 1. The van der Waals surface area contributed by atoms with E-state index in [4.69, 9.17) is 4.74 Å². The molecule has 2 atom stereocenters. The number of rotatable bonds is 6. The van der Waals surface area contributed by atoms with Gasteiger partial charge in [-0.2, -0.15) is 0 Å². The van der Waals surface area contributed by atoms with Gasteiger partial charge in [0.1, 0.15) is 17.8 Å². The Morgan fingerprint density at radius 1 is 1.26 bits per heavy atom. The van der Waals surface area contributed by atoms with Crippen LogP contribution in [0.15, 0.2) is 41.8 Å². The van der Waals surface area contributed by atoms with Crippen LogP contribution in [0.25, 0.3) is 0 Å². The molecule has 1 aromatic heterocycles. The first-order valence-corrected chi connectivity index (χ1v) is 11.4. The molecule has 164 valence electrons. The number of anilines is 1. The van der Waals surface area contributed by atoms with Crippen molar-refractivity contribution in [3.05, 3.63) is 46.7 Å². The first-order valence-electron chi connectivity index (χ1n) is 10.6. The normalized spacial score (nSPS) is 23.2. The van der Waals surface area contributed by atoms with Gasteiger partial charge in [-0.25, -0.2) is 4.79 Å². The lowest BCUT2D eigenvalue weighted by Gasteiger charge is -2.36. The molecule has 4 amide bonds. The van der Waals surface area contributed by atoms with Gasteiger partial charge in [-0.3, -0.25) is 14.5 Å². The fraction of sp³-hybridized carbons (Fsp3) is 0.435. The van der Waals surface area contributed by atoms with Crippen molar-refractivity contribution in [3.8, 4) is 5.75 Å². The van der Waals surface area contributed by atoms with E-state index in [1.807, 2.05) is 24.4 Å². The third kappa shape index (κ3) is 4.04. The van der Waals surface area contributed by atoms with Crippen LogP contribution in [0.4, 0.5) is 10.5 Å². The molecule has 0 bridgehead atoms. The number of methoxy groups -OCH3 is 1. The van der Waals surface area contributed by atoms with Gasteiger partial charge in [-0.05, 0) is 54.5 Å². The number of nitrogens with one attached hydrogen (secondary N) is 1. The summed E-state index contributed by atoms with van der Waals surface area (Å²) in [6.07, 6.45) is 3.47. The lowest BCUT2D eigenvalue weighted by Crippen LogP contribution is -2.54. The molecule has 8 heteroatoms. The van der Waals surface area contributed by atoms with Crippen LogP contribution in [0, 0.1) is 5.92 Å². The van der Waals surface area contributed by atoms with Gasteiger partial charge in [-0.1, -0.05) is 25.8 Å². The van der Waals surface area contributed by atoms with Crippen molar-refractivity contribution in [2.45, 2.75) is 44.7 Å². The van der Waals surface area contributed by atoms with Crippen LogP contribution < -0.4 is 15.0 Å². The van der Waals surface area contributed by atoms with Gasteiger partial charge in [0.25, 0.3) is 5.91 Å². The van der Waals surface area contributed by atoms with Gasteiger partial charge in [0, 0.05) is 10.6 Å². The van der Waals surface area contributed by atoms with Gasteiger partial charge < -0.3 is 15.0 Å². The van der Waals surface area contributed by atoms with Crippen LogP contribution in [-0.4, -0.2) is 41.9 Å². The molecule has 4 rings (SSSR count). The van der Waals surface area contributed by atoms with Gasteiger partial charge >= 0.3 is 6.03 Å². The highest BCUT2D eigenvalue weighted by molar-refractivity contribution is 7.09. The van der Waals surface area contributed by atoms with Crippen molar-refractivity contribution in [1.82, 2.24) is 10.2 Å². The molecule has 2 heterocycles. The van der Waals surface area contributed by atoms with E-state index < -0.39 is 11.6 Å². The quantitative estimate of drug-likeness (QED) is 0.692. The first-order chi connectivity index (χ1) is 14.9. The Hall–Kier alpha value is -2.87. The maximum absolute atomic E-state index is 13.3. The standard InChI is InChI=1S/C23H27N3O4S/c1-16-6-3-4-12-23(16)21(28)26(22(29)24-23)15-20(27)25(14-19-7-5-13-31-19)17-8-10-18(30-2)11-9-17/h5,7-11,13,16H,3-4,6,12,14-15H2,1-2H3,(H,24,29)/t16-,23-/m0/s1. The summed E-state index contributed by atoms with van der Waals surface area (Å²) in [7, 11) is 1.59. The molecule has 2 aromatic rings. The Labute approximate surface area is 186 Å². The number of carbonyl (C=O) groups is 3. The highest BCUT2D eigenvalue weighted by atomic mass is 32.1. The second-order valence-corrected chi connectivity index (χ2v) is 9.23. The van der Waals surface area contributed by atoms with E-state index in [9.17, 15) is 14.4 Å². The lowest BCUT2D eigenvalue weighted by atomic mass is 9.73. The lowest BCUT2D eigenvalue weighted by molar-refractivity contribution is -0.136. The number of ether oxygens (including phenoxy) is 1. The van der Waals surface area contributed by atoms with Crippen LogP contribution in [0.5, 0.6) is 5.75 Å². The minimum absolute atomic E-state index is 0.0570. The number of urea groups is 1. The smallest absolute Gasteiger partial charge is 0.325 e. The molecule has 1 saturated carbocycles. The Kier molecular flexibility index (Phi) is 6.00. The Morgan fingerprint density at radius 2 is 2.03 bits per heavy atom. The zero-order valence-electron chi connectivity index (χ0n) is 17.8. The molecule has 1 aliphatic carbocycles. The van der Waals surface area contributed by atoms with Crippen LogP contribution in [0.2, 0.25) is 0 Å². The Morgan fingerprint density at radius 3 is 2.68 bits per heavy atom. The summed E-state index contributed by atoms with van der Waals surface area (Å²) in [4.78, 5) is 43.0. The van der Waals surface area contributed by atoms with Crippen LogP contribution >= 0.6 is 11.3 Å².